The lowest BCUT2D eigenvalue weighted by Gasteiger charge is -2.25. The normalized spacial score (nSPS) is 27.9. The minimum absolute atomic E-state index is 0.589. The van der Waals surface area contributed by atoms with Crippen molar-refractivity contribution in [3.8, 4) is 0 Å². The lowest BCUT2D eigenvalue weighted by Crippen LogP contribution is -2.12. The van der Waals surface area contributed by atoms with Crippen LogP contribution < -0.4 is 0 Å². The summed E-state index contributed by atoms with van der Waals surface area (Å²) < 4.78 is 5.46. The molecule has 0 spiro atoms. The lowest BCUT2D eigenvalue weighted by atomic mass is 9.81. The molecule has 1 heterocycles. The monoisotopic (exact) mass is 193 g/mol. The molecule has 2 heteroatoms. The largest absolute Gasteiger partial charge is 0.448 e. The van der Waals surface area contributed by atoms with E-state index in [-0.39, 0.29) is 0 Å². The highest BCUT2D eigenvalue weighted by Crippen LogP contribution is 2.36. The van der Waals surface area contributed by atoms with Crippen molar-refractivity contribution in [3.63, 3.8) is 0 Å². The predicted molar refractivity (Wildman–Crippen MR) is 56.2 cm³/mol. The van der Waals surface area contributed by atoms with E-state index in [0.29, 0.717) is 5.92 Å². The molecule has 0 amide bonds. The van der Waals surface area contributed by atoms with Gasteiger partial charge in [0.25, 0.3) is 0 Å². The first-order chi connectivity index (χ1) is 6.79. The van der Waals surface area contributed by atoms with Crippen molar-refractivity contribution < 1.29 is 4.42 Å². The molecule has 2 nitrogen and oxygen atoms in total. The van der Waals surface area contributed by atoms with Gasteiger partial charge >= 0.3 is 0 Å². The molecule has 1 aromatic heterocycles. The average Bonchev–Trinajstić information content (AvgIpc) is 2.65. The van der Waals surface area contributed by atoms with Gasteiger partial charge in [-0.25, -0.2) is 4.98 Å². The second-order valence-corrected chi connectivity index (χ2v) is 4.45. The number of hydrogen-bond acceptors (Lipinski definition) is 2. The van der Waals surface area contributed by atoms with Crippen LogP contribution in [0.25, 0.3) is 0 Å². The smallest absolute Gasteiger partial charge is 0.197 e. The Balaban J connectivity index is 1.95. The molecule has 1 saturated carbocycles. The fraction of sp³-hybridized carbons (Fsp3) is 0.750. The molecule has 0 atom stereocenters. The third kappa shape index (κ3) is 1.99. The topological polar surface area (TPSA) is 26.0 Å². The fourth-order valence-electron chi connectivity index (χ4n) is 2.38. The van der Waals surface area contributed by atoms with Crippen LogP contribution in [0.1, 0.15) is 56.5 Å². The molecule has 2 rings (SSSR count). The van der Waals surface area contributed by atoms with E-state index >= 15 is 0 Å². The molecule has 0 radical (unpaired) electrons. The van der Waals surface area contributed by atoms with E-state index in [1.165, 1.54) is 32.1 Å². The molecule has 0 unspecified atom stereocenters. The zero-order chi connectivity index (χ0) is 9.97. The van der Waals surface area contributed by atoms with Gasteiger partial charge in [-0.15, -0.1) is 0 Å². The van der Waals surface area contributed by atoms with Gasteiger partial charge in [0.05, 0.1) is 5.69 Å². The number of nitrogens with zero attached hydrogens (tertiary/aromatic N) is 1. The number of hydrogen-bond donors (Lipinski definition) is 0. The van der Waals surface area contributed by atoms with E-state index in [1.807, 2.05) is 6.92 Å². The van der Waals surface area contributed by atoms with Gasteiger partial charge in [-0.1, -0.05) is 13.3 Å². The zero-order valence-corrected chi connectivity index (χ0v) is 9.12. The van der Waals surface area contributed by atoms with Gasteiger partial charge in [0, 0.05) is 5.92 Å². The SMILES string of the molecule is CCC1CCC(c2nc(C)co2)CC1. The highest BCUT2D eigenvalue weighted by atomic mass is 16.3. The van der Waals surface area contributed by atoms with Crippen molar-refractivity contribution in [2.24, 2.45) is 5.92 Å². The van der Waals surface area contributed by atoms with Gasteiger partial charge in [-0.2, -0.15) is 0 Å². The molecule has 0 aromatic carbocycles. The first-order valence-electron chi connectivity index (χ1n) is 5.71. The molecular weight excluding hydrogens is 174 g/mol. The summed E-state index contributed by atoms with van der Waals surface area (Å²) in [5.74, 6) is 2.51. The lowest BCUT2D eigenvalue weighted by molar-refractivity contribution is 0.287. The standard InChI is InChI=1S/C12H19NO/c1-3-10-4-6-11(7-5-10)12-13-9(2)8-14-12/h8,10-11H,3-7H2,1-2H3. The van der Waals surface area contributed by atoms with Gasteiger partial charge < -0.3 is 4.42 Å². The van der Waals surface area contributed by atoms with Gasteiger partial charge in [0.1, 0.15) is 6.26 Å². The Morgan fingerprint density at radius 3 is 2.57 bits per heavy atom. The molecule has 1 aliphatic rings. The van der Waals surface area contributed by atoms with Crippen molar-refractivity contribution in [1.82, 2.24) is 4.98 Å². The number of oxazole rings is 1. The van der Waals surface area contributed by atoms with E-state index in [2.05, 4.69) is 11.9 Å². The van der Waals surface area contributed by atoms with Crippen LogP contribution >= 0.6 is 0 Å². The van der Waals surface area contributed by atoms with Crippen LogP contribution in [-0.4, -0.2) is 4.98 Å². The Bertz CT molecular complexity index is 284. The summed E-state index contributed by atoms with van der Waals surface area (Å²) in [6, 6.07) is 0. The van der Waals surface area contributed by atoms with Crippen LogP contribution in [0.5, 0.6) is 0 Å². The summed E-state index contributed by atoms with van der Waals surface area (Å²) in [6.07, 6.45) is 8.32. The van der Waals surface area contributed by atoms with Crippen molar-refractivity contribution in [2.45, 2.75) is 51.9 Å². The van der Waals surface area contributed by atoms with E-state index < -0.39 is 0 Å². The Morgan fingerprint density at radius 2 is 2.07 bits per heavy atom. The van der Waals surface area contributed by atoms with Crippen LogP contribution in [0, 0.1) is 12.8 Å². The quantitative estimate of drug-likeness (QED) is 0.716. The Labute approximate surface area is 85.7 Å². The summed E-state index contributed by atoms with van der Waals surface area (Å²) in [5.41, 5.74) is 1.01. The predicted octanol–water partition coefficient (Wildman–Crippen LogP) is 3.67. The van der Waals surface area contributed by atoms with E-state index in [0.717, 1.165) is 17.5 Å². The Kier molecular flexibility index (Phi) is 2.90. The van der Waals surface area contributed by atoms with E-state index in [1.54, 1.807) is 6.26 Å². The third-order valence-corrected chi connectivity index (χ3v) is 3.41. The molecule has 1 fully saturated rings. The zero-order valence-electron chi connectivity index (χ0n) is 9.12. The maximum absolute atomic E-state index is 5.46. The van der Waals surface area contributed by atoms with Crippen molar-refractivity contribution >= 4 is 0 Å². The minimum atomic E-state index is 0.589. The first kappa shape index (κ1) is 9.75. The Morgan fingerprint density at radius 1 is 1.36 bits per heavy atom. The summed E-state index contributed by atoms with van der Waals surface area (Å²) in [7, 11) is 0. The van der Waals surface area contributed by atoms with E-state index in [4.69, 9.17) is 4.42 Å². The van der Waals surface area contributed by atoms with Crippen molar-refractivity contribution in [1.29, 1.82) is 0 Å². The summed E-state index contributed by atoms with van der Waals surface area (Å²) in [5, 5.41) is 0. The second kappa shape index (κ2) is 4.16. The molecule has 0 saturated heterocycles. The summed E-state index contributed by atoms with van der Waals surface area (Å²) >= 11 is 0. The second-order valence-electron chi connectivity index (χ2n) is 4.45. The van der Waals surface area contributed by atoms with Crippen molar-refractivity contribution in [3.05, 3.63) is 17.8 Å². The van der Waals surface area contributed by atoms with Crippen LogP contribution in [0.15, 0.2) is 10.7 Å². The maximum Gasteiger partial charge on any atom is 0.197 e. The van der Waals surface area contributed by atoms with Crippen LogP contribution in [0.3, 0.4) is 0 Å². The number of aromatic nitrogens is 1. The summed E-state index contributed by atoms with van der Waals surface area (Å²) in [4.78, 5) is 4.42. The van der Waals surface area contributed by atoms with Gasteiger partial charge in [0.15, 0.2) is 5.89 Å². The average molecular weight is 193 g/mol. The number of aryl methyl sites for hydroxylation is 1. The van der Waals surface area contributed by atoms with Crippen LogP contribution in [-0.2, 0) is 0 Å². The number of rotatable bonds is 2. The van der Waals surface area contributed by atoms with Crippen LogP contribution in [0.2, 0.25) is 0 Å². The minimum Gasteiger partial charge on any atom is -0.448 e. The van der Waals surface area contributed by atoms with Gasteiger partial charge in [-0.05, 0) is 38.5 Å². The van der Waals surface area contributed by atoms with Crippen molar-refractivity contribution in [2.75, 3.05) is 0 Å². The molecule has 14 heavy (non-hydrogen) atoms. The third-order valence-electron chi connectivity index (χ3n) is 3.41. The molecule has 1 aliphatic carbocycles. The highest BCUT2D eigenvalue weighted by molar-refractivity contribution is 5.00. The molecule has 0 N–H and O–H groups in total. The summed E-state index contributed by atoms with van der Waals surface area (Å²) in [6.45, 7) is 4.28. The van der Waals surface area contributed by atoms with Gasteiger partial charge in [-0.3, -0.25) is 0 Å². The van der Waals surface area contributed by atoms with Gasteiger partial charge in [0.2, 0.25) is 0 Å². The molecule has 78 valence electrons. The van der Waals surface area contributed by atoms with E-state index in [9.17, 15) is 0 Å². The van der Waals surface area contributed by atoms with Crippen LogP contribution in [0.4, 0.5) is 0 Å². The maximum atomic E-state index is 5.46. The Hall–Kier alpha value is -0.790. The first-order valence-corrected chi connectivity index (χ1v) is 5.71. The highest BCUT2D eigenvalue weighted by Gasteiger charge is 2.24. The molecular formula is C12H19NO. The molecule has 0 bridgehead atoms. The molecule has 0 aliphatic heterocycles. The fourth-order valence-corrected chi connectivity index (χ4v) is 2.38. The molecule has 1 aromatic rings.